The number of carboxylic acids is 1. The van der Waals surface area contributed by atoms with Gasteiger partial charge < -0.3 is 31.1 Å². The van der Waals surface area contributed by atoms with Gasteiger partial charge in [0.25, 0.3) is 5.91 Å². The van der Waals surface area contributed by atoms with Gasteiger partial charge in [-0.05, 0) is 70.5 Å². The lowest BCUT2D eigenvalue weighted by atomic mass is 9.98. The molecular weight excluding hydrogens is 778 g/mol. The zero-order valence-electron chi connectivity index (χ0n) is 32.3. The minimum absolute atomic E-state index is 0.0685. The molecule has 60 heavy (non-hydrogen) atoms. The van der Waals surface area contributed by atoms with E-state index in [9.17, 15) is 42.3 Å². The number of carboxylic acid groups (broad SMARTS) is 1. The van der Waals surface area contributed by atoms with Crippen molar-refractivity contribution >= 4 is 29.6 Å². The number of carbonyl (C=O) groups is 5. The summed E-state index contributed by atoms with van der Waals surface area (Å²) < 4.78 is 45.7. The molecule has 4 amide bonds. The number of alkyl halides is 3. The number of rotatable bonds is 9. The van der Waals surface area contributed by atoms with Crippen molar-refractivity contribution in [2.24, 2.45) is 0 Å². The molecule has 0 fully saturated rings. The van der Waals surface area contributed by atoms with Crippen LogP contribution in [0.4, 0.5) is 13.2 Å². The molecule has 0 aliphatic carbocycles. The molecule has 0 saturated heterocycles. The molecule has 2 heterocycles. The topological polar surface area (TPSA) is 163 Å². The largest absolute Gasteiger partial charge is 0.484 e. The van der Waals surface area contributed by atoms with E-state index in [2.05, 4.69) is 21.3 Å². The highest BCUT2D eigenvalue weighted by Crippen LogP contribution is 2.29. The van der Waals surface area contributed by atoms with Gasteiger partial charge in [0, 0.05) is 19.3 Å². The highest BCUT2D eigenvalue weighted by molar-refractivity contribution is 5.95. The van der Waals surface area contributed by atoms with Gasteiger partial charge in [0.05, 0.1) is 5.56 Å². The molecule has 5 aromatic carbocycles. The molecular formula is C46H43F3N4O7. The van der Waals surface area contributed by atoms with E-state index in [4.69, 9.17) is 4.74 Å². The summed E-state index contributed by atoms with van der Waals surface area (Å²) >= 11 is 0. The second-order valence-electron chi connectivity index (χ2n) is 14.5. The number of carbonyl (C=O) groups excluding carboxylic acids is 4. The van der Waals surface area contributed by atoms with Crippen LogP contribution in [0.3, 0.4) is 0 Å². The lowest BCUT2D eigenvalue weighted by Crippen LogP contribution is -2.59. The Morgan fingerprint density at radius 2 is 1.12 bits per heavy atom. The number of ether oxygens (including phenoxy) is 1. The molecule has 11 nitrogen and oxygen atoms in total. The van der Waals surface area contributed by atoms with E-state index >= 15 is 0 Å². The first-order valence-corrected chi connectivity index (χ1v) is 19.3. The highest BCUT2D eigenvalue weighted by atomic mass is 19.4. The van der Waals surface area contributed by atoms with Crippen molar-refractivity contribution in [3.8, 4) is 16.9 Å². The standard InChI is InChI=1S/C46H43F3N4O7/c47-46(48,49)35-20-13-31(14-21-35)25-38-43(56)52-39(26-30-11-18-34(19-12-30)33-9-5-2-6-10-33)44(57)51-37(24-17-29-7-3-1-4-8-29)42(55)53-40(45(58)59)27-32-15-22-36(23-16-32)60-28-41(54)50-38/h1-16,18-23,37-40H,17,24-28H2,(H,50,54)(H,51,57)(H,52,56)(H,53,55)(H,58,59)/t37-,38-,39+,40+/m1/s1. The normalized spacial score (nSPS) is 19.3. The van der Waals surface area contributed by atoms with Crippen LogP contribution >= 0.6 is 0 Å². The summed E-state index contributed by atoms with van der Waals surface area (Å²) in [6.45, 7) is -0.551. The van der Waals surface area contributed by atoms with Crippen molar-refractivity contribution in [2.75, 3.05) is 6.61 Å². The Hall–Kier alpha value is -6.96. The van der Waals surface area contributed by atoms with Crippen molar-refractivity contribution in [1.29, 1.82) is 0 Å². The lowest BCUT2D eigenvalue weighted by Gasteiger charge is -2.26. The Labute approximate surface area is 344 Å². The van der Waals surface area contributed by atoms with E-state index in [0.29, 0.717) is 23.1 Å². The van der Waals surface area contributed by atoms with Gasteiger partial charge in [-0.2, -0.15) is 13.2 Å². The van der Waals surface area contributed by atoms with E-state index in [1.165, 1.54) is 24.3 Å². The molecule has 2 bridgehead atoms. The van der Waals surface area contributed by atoms with Crippen LogP contribution in [0.1, 0.15) is 34.2 Å². The minimum Gasteiger partial charge on any atom is -0.484 e. The Bertz CT molecular complexity index is 2250. The molecule has 2 aliphatic rings. The van der Waals surface area contributed by atoms with E-state index in [1.54, 1.807) is 24.3 Å². The van der Waals surface area contributed by atoms with Crippen LogP contribution in [-0.4, -0.2) is 65.5 Å². The number of hydrogen-bond acceptors (Lipinski definition) is 6. The van der Waals surface area contributed by atoms with Gasteiger partial charge in [-0.1, -0.05) is 109 Å². The smallest absolute Gasteiger partial charge is 0.416 e. The Balaban J connectivity index is 1.34. The quantitative estimate of drug-likeness (QED) is 0.124. The molecule has 0 unspecified atom stereocenters. The van der Waals surface area contributed by atoms with Crippen molar-refractivity contribution in [3.63, 3.8) is 0 Å². The fraction of sp³-hybridized carbons (Fsp3) is 0.239. The van der Waals surface area contributed by atoms with Crippen molar-refractivity contribution in [3.05, 3.63) is 161 Å². The van der Waals surface area contributed by atoms with Crippen LogP contribution in [0.25, 0.3) is 11.1 Å². The molecule has 5 N–H and O–H groups in total. The SMILES string of the molecule is O=C1COc2ccc(cc2)C[C@@H](C(=O)O)NC(=O)[C@@H](CCc2ccccc2)NC(=O)[C@H](Cc2ccc(-c3ccccc3)cc2)NC(=O)[C@@H](Cc2ccc(C(F)(F)F)cc2)N1. The predicted octanol–water partition coefficient (Wildman–Crippen LogP) is 5.45. The maximum Gasteiger partial charge on any atom is 0.416 e. The average molecular weight is 821 g/mol. The fourth-order valence-electron chi connectivity index (χ4n) is 6.77. The van der Waals surface area contributed by atoms with Crippen molar-refractivity contribution in [1.82, 2.24) is 21.3 Å². The molecule has 14 heteroatoms. The maximum atomic E-state index is 14.4. The van der Waals surface area contributed by atoms with Crippen LogP contribution in [-0.2, 0) is 55.8 Å². The van der Waals surface area contributed by atoms with Gasteiger partial charge in [-0.15, -0.1) is 0 Å². The molecule has 0 spiro atoms. The lowest BCUT2D eigenvalue weighted by molar-refractivity contribution is -0.142. The number of nitrogens with one attached hydrogen (secondary N) is 4. The van der Waals surface area contributed by atoms with Crippen molar-refractivity contribution < 1.29 is 47.0 Å². The predicted molar refractivity (Wildman–Crippen MR) is 216 cm³/mol. The first-order chi connectivity index (χ1) is 28.8. The summed E-state index contributed by atoms with van der Waals surface area (Å²) in [5.74, 6) is -4.14. The van der Waals surface area contributed by atoms with E-state index in [0.717, 1.165) is 28.8 Å². The van der Waals surface area contributed by atoms with Crippen LogP contribution in [0.5, 0.6) is 5.75 Å². The van der Waals surface area contributed by atoms with Crippen LogP contribution in [0.15, 0.2) is 133 Å². The summed E-state index contributed by atoms with van der Waals surface area (Å²) in [7, 11) is 0. The molecule has 4 atom stereocenters. The fourth-order valence-corrected chi connectivity index (χ4v) is 6.77. The summed E-state index contributed by atoms with van der Waals surface area (Å²) in [5.41, 5.74) is 3.28. The summed E-state index contributed by atoms with van der Waals surface area (Å²) in [6, 6.07) is 31.0. The second-order valence-corrected chi connectivity index (χ2v) is 14.5. The first-order valence-electron chi connectivity index (χ1n) is 19.3. The number of benzene rings is 5. The van der Waals surface area contributed by atoms with Gasteiger partial charge >= 0.3 is 12.1 Å². The van der Waals surface area contributed by atoms with Crippen LogP contribution in [0, 0.1) is 0 Å². The van der Waals surface area contributed by atoms with Crippen LogP contribution < -0.4 is 26.0 Å². The van der Waals surface area contributed by atoms with Crippen LogP contribution in [0.2, 0.25) is 0 Å². The highest BCUT2D eigenvalue weighted by Gasteiger charge is 2.33. The molecule has 0 aromatic heterocycles. The maximum absolute atomic E-state index is 14.4. The van der Waals surface area contributed by atoms with Crippen molar-refractivity contribution in [2.45, 2.75) is 62.4 Å². The number of amides is 4. The molecule has 2 aliphatic heterocycles. The summed E-state index contributed by atoms with van der Waals surface area (Å²) in [6.07, 6.45) is -4.62. The molecule has 7 rings (SSSR count). The van der Waals surface area contributed by atoms with Gasteiger partial charge in [-0.25, -0.2) is 4.79 Å². The number of halogens is 3. The zero-order chi connectivity index (χ0) is 42.6. The van der Waals surface area contributed by atoms with E-state index in [-0.39, 0.29) is 31.4 Å². The third kappa shape index (κ3) is 12.0. The first kappa shape index (κ1) is 42.6. The third-order valence-electron chi connectivity index (χ3n) is 10.1. The molecule has 0 saturated carbocycles. The number of fused-ring (bicyclic) bond motifs is 16. The van der Waals surface area contributed by atoms with Gasteiger partial charge in [0.1, 0.15) is 29.9 Å². The molecule has 5 aromatic rings. The summed E-state index contributed by atoms with van der Waals surface area (Å²) in [4.78, 5) is 68.2. The van der Waals surface area contributed by atoms with E-state index < -0.39 is 72.1 Å². The Morgan fingerprint density at radius 1 is 0.600 bits per heavy atom. The number of hydrogen-bond donors (Lipinski definition) is 5. The van der Waals surface area contributed by atoms with Gasteiger partial charge in [0.2, 0.25) is 17.7 Å². The molecule has 310 valence electrons. The zero-order valence-corrected chi connectivity index (χ0v) is 32.3. The van der Waals surface area contributed by atoms with Gasteiger partial charge in [-0.3, -0.25) is 19.2 Å². The number of aryl methyl sites for hydroxylation is 1. The van der Waals surface area contributed by atoms with Gasteiger partial charge in [0.15, 0.2) is 6.61 Å². The minimum atomic E-state index is -4.59. The third-order valence-corrected chi connectivity index (χ3v) is 10.1. The Kier molecular flexibility index (Phi) is 14.0. The summed E-state index contributed by atoms with van der Waals surface area (Å²) in [5, 5.41) is 20.8. The van der Waals surface area contributed by atoms with E-state index in [1.807, 2.05) is 72.8 Å². The average Bonchev–Trinajstić information content (AvgIpc) is 3.24. The monoisotopic (exact) mass is 820 g/mol. The molecule has 0 radical (unpaired) electrons. The Morgan fingerprint density at radius 3 is 1.70 bits per heavy atom. The second kappa shape index (κ2) is 19.7. The number of aliphatic carboxylic acids is 1.